The van der Waals surface area contributed by atoms with Gasteiger partial charge in [-0.3, -0.25) is 4.79 Å². The first-order valence-corrected chi connectivity index (χ1v) is 11.3. The van der Waals surface area contributed by atoms with Crippen LogP contribution in [0.2, 0.25) is 5.15 Å². The number of alkyl halides is 2. The van der Waals surface area contributed by atoms with E-state index in [2.05, 4.69) is 10.0 Å². The van der Waals surface area contributed by atoms with Crippen molar-refractivity contribution in [3.05, 3.63) is 40.4 Å². The minimum atomic E-state index is -4.16. The molecule has 0 radical (unpaired) electrons. The lowest BCUT2D eigenvalue weighted by molar-refractivity contribution is 0.101. The van der Waals surface area contributed by atoms with Gasteiger partial charge in [-0.25, -0.2) is 26.3 Å². The summed E-state index contributed by atoms with van der Waals surface area (Å²) in [5.74, 6) is -2.29. The number of methoxy groups -OCH3 is 1. The highest BCUT2D eigenvalue weighted by Crippen LogP contribution is 2.38. The SMILES string of the molecule is COc1c(S(=O)(=O)N[C@@H]2CCN(C)C2)c(Cl)n(C)c1C(=O)Nc1ccc(F)c(C(F)F)c1. The third-order valence-corrected chi connectivity index (χ3v) is 7.24. The third-order valence-electron chi connectivity index (χ3n) is 5.13. The summed E-state index contributed by atoms with van der Waals surface area (Å²) < 4.78 is 74.4. The van der Waals surface area contributed by atoms with Crippen molar-refractivity contribution in [1.29, 1.82) is 0 Å². The fourth-order valence-electron chi connectivity index (χ4n) is 3.57. The van der Waals surface area contributed by atoms with Crippen molar-refractivity contribution in [2.75, 3.05) is 32.6 Å². The Morgan fingerprint density at radius 2 is 2.00 bits per heavy atom. The number of nitrogens with zero attached hydrogens (tertiary/aromatic N) is 2. The molecule has 1 aliphatic rings. The van der Waals surface area contributed by atoms with Gasteiger partial charge in [0.05, 0.1) is 12.7 Å². The summed E-state index contributed by atoms with van der Waals surface area (Å²) in [4.78, 5) is 14.4. The van der Waals surface area contributed by atoms with Crippen LogP contribution in [-0.4, -0.2) is 57.1 Å². The predicted molar refractivity (Wildman–Crippen MR) is 113 cm³/mol. The van der Waals surface area contributed by atoms with Gasteiger partial charge in [-0.1, -0.05) is 11.6 Å². The lowest BCUT2D eigenvalue weighted by Crippen LogP contribution is -2.36. The number of benzene rings is 1. The molecule has 0 saturated carbocycles. The van der Waals surface area contributed by atoms with Gasteiger partial charge in [0, 0.05) is 25.3 Å². The number of hydrogen-bond donors (Lipinski definition) is 2. The number of amides is 1. The Labute approximate surface area is 188 Å². The van der Waals surface area contributed by atoms with Crippen molar-refractivity contribution in [1.82, 2.24) is 14.2 Å². The zero-order valence-corrected chi connectivity index (χ0v) is 19.0. The first-order chi connectivity index (χ1) is 15.0. The topological polar surface area (TPSA) is 92.7 Å². The highest BCUT2D eigenvalue weighted by atomic mass is 35.5. The van der Waals surface area contributed by atoms with E-state index in [-0.39, 0.29) is 28.3 Å². The number of rotatable bonds is 7. The minimum absolute atomic E-state index is 0.109. The molecule has 0 bridgehead atoms. The number of carbonyl (C=O) groups is 1. The average Bonchev–Trinajstić information content (AvgIpc) is 3.22. The van der Waals surface area contributed by atoms with Gasteiger partial charge in [-0.15, -0.1) is 0 Å². The van der Waals surface area contributed by atoms with Gasteiger partial charge in [0.15, 0.2) is 16.3 Å². The Hall–Kier alpha value is -2.28. The van der Waals surface area contributed by atoms with Crippen LogP contribution in [0, 0.1) is 5.82 Å². The number of likely N-dealkylation sites (N-methyl/N-ethyl adjacent to an activating group) is 1. The Bertz CT molecular complexity index is 1140. The van der Waals surface area contributed by atoms with Crippen LogP contribution < -0.4 is 14.8 Å². The molecule has 1 saturated heterocycles. The number of likely N-dealkylation sites (tertiary alicyclic amines) is 1. The molecule has 176 valence electrons. The number of carbonyl (C=O) groups excluding carboxylic acids is 1. The van der Waals surface area contributed by atoms with Crippen LogP contribution in [0.3, 0.4) is 0 Å². The summed E-state index contributed by atoms with van der Waals surface area (Å²) in [6, 6.07) is 2.36. The maximum absolute atomic E-state index is 13.5. The quantitative estimate of drug-likeness (QED) is 0.617. The van der Waals surface area contributed by atoms with E-state index in [1.807, 2.05) is 11.9 Å². The number of nitrogens with one attached hydrogen (secondary N) is 2. The normalized spacial score (nSPS) is 17.2. The van der Waals surface area contributed by atoms with Gasteiger partial charge in [0.1, 0.15) is 11.0 Å². The van der Waals surface area contributed by atoms with Crippen molar-refractivity contribution >= 4 is 33.2 Å². The van der Waals surface area contributed by atoms with Crippen LogP contribution in [0.15, 0.2) is 23.1 Å². The molecule has 1 aromatic carbocycles. The molecule has 1 aliphatic heterocycles. The van der Waals surface area contributed by atoms with Crippen LogP contribution >= 0.6 is 11.6 Å². The van der Waals surface area contributed by atoms with E-state index in [4.69, 9.17) is 16.3 Å². The summed E-state index contributed by atoms with van der Waals surface area (Å²) in [5.41, 5.74) is -1.24. The maximum atomic E-state index is 13.5. The molecule has 8 nitrogen and oxygen atoms in total. The first-order valence-electron chi connectivity index (χ1n) is 9.48. The molecule has 0 spiro atoms. The average molecular weight is 495 g/mol. The van der Waals surface area contributed by atoms with Gasteiger partial charge in [-0.2, -0.15) is 0 Å². The monoisotopic (exact) mass is 494 g/mol. The molecule has 1 amide bonds. The van der Waals surface area contributed by atoms with Crippen molar-refractivity contribution < 1.29 is 31.1 Å². The number of hydrogen-bond acceptors (Lipinski definition) is 5. The summed E-state index contributed by atoms with van der Waals surface area (Å²) >= 11 is 6.26. The third kappa shape index (κ3) is 4.72. The van der Waals surface area contributed by atoms with Crippen molar-refractivity contribution in [3.8, 4) is 5.75 Å². The molecule has 1 atom stereocenters. The number of sulfonamides is 1. The smallest absolute Gasteiger partial charge is 0.276 e. The molecule has 0 unspecified atom stereocenters. The number of halogens is 4. The van der Waals surface area contributed by atoms with E-state index in [0.29, 0.717) is 13.0 Å². The van der Waals surface area contributed by atoms with Gasteiger partial charge in [0.2, 0.25) is 10.0 Å². The van der Waals surface area contributed by atoms with E-state index in [1.54, 1.807) is 0 Å². The number of ether oxygens (including phenoxy) is 1. The first kappa shape index (κ1) is 24.4. The summed E-state index contributed by atoms with van der Waals surface area (Å²) in [5, 5.41) is 2.08. The Morgan fingerprint density at radius 3 is 2.56 bits per heavy atom. The Morgan fingerprint density at radius 1 is 1.31 bits per heavy atom. The lowest BCUT2D eigenvalue weighted by atomic mass is 10.2. The second-order valence-electron chi connectivity index (χ2n) is 7.42. The minimum Gasteiger partial charge on any atom is -0.493 e. The van der Waals surface area contributed by atoms with E-state index in [0.717, 1.165) is 29.3 Å². The van der Waals surface area contributed by atoms with E-state index < -0.39 is 38.6 Å². The predicted octanol–water partition coefficient (Wildman–Crippen LogP) is 3.00. The van der Waals surface area contributed by atoms with Crippen LogP contribution in [-0.2, 0) is 17.1 Å². The van der Waals surface area contributed by atoms with Crippen LogP contribution in [0.1, 0.15) is 28.9 Å². The highest BCUT2D eigenvalue weighted by Gasteiger charge is 2.36. The van der Waals surface area contributed by atoms with Gasteiger partial charge in [0.25, 0.3) is 12.3 Å². The summed E-state index contributed by atoms with van der Waals surface area (Å²) in [6.45, 7) is 1.23. The summed E-state index contributed by atoms with van der Waals surface area (Å²) in [6.07, 6.45) is -2.48. The fraction of sp³-hybridized carbons (Fsp3) is 0.421. The van der Waals surface area contributed by atoms with Gasteiger partial charge in [-0.05, 0) is 38.2 Å². The van der Waals surface area contributed by atoms with Crippen molar-refractivity contribution in [2.45, 2.75) is 23.8 Å². The van der Waals surface area contributed by atoms with E-state index >= 15 is 0 Å². The molecular formula is C19H22ClF3N4O4S. The van der Waals surface area contributed by atoms with Crippen molar-refractivity contribution in [2.24, 2.45) is 7.05 Å². The van der Waals surface area contributed by atoms with Crippen LogP contribution in [0.25, 0.3) is 0 Å². The van der Waals surface area contributed by atoms with Crippen molar-refractivity contribution in [3.63, 3.8) is 0 Å². The number of anilines is 1. The standard InChI is InChI=1S/C19H22ClF3N4O4S/c1-26-7-6-11(9-26)25-32(29,30)16-15(31-3)14(27(2)17(16)20)19(28)24-10-4-5-13(21)12(8-10)18(22)23/h4-5,8,11,18,25H,6-7,9H2,1-3H3,(H,24,28)/t11-/m1/s1. The Balaban J connectivity index is 1.96. The fourth-order valence-corrected chi connectivity index (χ4v) is 5.58. The molecular weight excluding hydrogens is 473 g/mol. The lowest BCUT2D eigenvalue weighted by Gasteiger charge is -2.14. The van der Waals surface area contributed by atoms with Crippen LogP contribution in [0.5, 0.6) is 5.75 Å². The summed E-state index contributed by atoms with van der Waals surface area (Å²) in [7, 11) is 0.244. The number of aromatic nitrogens is 1. The zero-order valence-electron chi connectivity index (χ0n) is 17.5. The molecule has 0 aliphatic carbocycles. The molecule has 1 fully saturated rings. The maximum Gasteiger partial charge on any atom is 0.276 e. The zero-order chi connectivity index (χ0) is 23.8. The largest absolute Gasteiger partial charge is 0.493 e. The van der Waals surface area contributed by atoms with E-state index in [9.17, 15) is 26.4 Å². The molecule has 3 rings (SSSR count). The molecule has 1 aromatic heterocycles. The second-order valence-corrected chi connectivity index (χ2v) is 9.43. The van der Waals surface area contributed by atoms with E-state index in [1.165, 1.54) is 14.2 Å². The van der Waals surface area contributed by atoms with Crippen LogP contribution in [0.4, 0.5) is 18.9 Å². The Kier molecular flexibility index (Phi) is 7.08. The molecule has 2 N–H and O–H groups in total. The molecule has 2 aromatic rings. The highest BCUT2D eigenvalue weighted by molar-refractivity contribution is 7.89. The molecule has 32 heavy (non-hydrogen) atoms. The molecule has 2 heterocycles. The molecule has 13 heteroatoms. The van der Waals surface area contributed by atoms with Gasteiger partial charge >= 0.3 is 0 Å². The second kappa shape index (κ2) is 9.30. The van der Waals surface area contributed by atoms with Gasteiger partial charge < -0.3 is 19.5 Å².